The Morgan fingerprint density at radius 1 is 1.00 bits per heavy atom. The highest BCUT2D eigenvalue weighted by atomic mass is 16.6. The van der Waals surface area contributed by atoms with Gasteiger partial charge in [0.2, 0.25) is 6.10 Å². The van der Waals surface area contributed by atoms with E-state index in [1.807, 2.05) is 24.3 Å². The van der Waals surface area contributed by atoms with Crippen LogP contribution in [-0.4, -0.2) is 55.2 Å². The lowest BCUT2D eigenvalue weighted by atomic mass is 9.94. The lowest BCUT2D eigenvalue weighted by molar-refractivity contribution is -0.163. The van der Waals surface area contributed by atoms with Crippen LogP contribution in [0.5, 0.6) is 11.5 Å². The van der Waals surface area contributed by atoms with Crippen molar-refractivity contribution in [2.24, 2.45) is 0 Å². The van der Waals surface area contributed by atoms with Gasteiger partial charge in [0.25, 0.3) is 5.91 Å². The summed E-state index contributed by atoms with van der Waals surface area (Å²) in [5.41, 5.74) is 1.93. The number of para-hydroxylation sites is 2. The van der Waals surface area contributed by atoms with E-state index in [9.17, 15) is 14.4 Å². The van der Waals surface area contributed by atoms with Gasteiger partial charge in [-0.3, -0.25) is 4.79 Å². The Kier molecular flexibility index (Phi) is 5.56. The first-order valence-electron chi connectivity index (χ1n) is 9.56. The van der Waals surface area contributed by atoms with Gasteiger partial charge in [0.05, 0.1) is 7.11 Å². The maximum Gasteiger partial charge on any atom is 0.351 e. The van der Waals surface area contributed by atoms with Crippen LogP contribution >= 0.6 is 0 Å². The highest BCUT2D eigenvalue weighted by molar-refractivity contribution is 5.87. The lowest BCUT2D eigenvalue weighted by Gasteiger charge is -2.35. The van der Waals surface area contributed by atoms with Crippen LogP contribution in [0.25, 0.3) is 0 Å². The fourth-order valence-electron chi connectivity index (χ4n) is 3.58. The van der Waals surface area contributed by atoms with Gasteiger partial charge in [-0.1, -0.05) is 36.4 Å². The number of esters is 2. The molecule has 2 heterocycles. The van der Waals surface area contributed by atoms with Crippen LogP contribution in [0.15, 0.2) is 48.5 Å². The highest BCUT2D eigenvalue weighted by Gasteiger charge is 2.36. The molecule has 2 atom stereocenters. The molecule has 156 valence electrons. The molecular formula is C22H21NO7. The molecule has 2 aliphatic rings. The summed E-state index contributed by atoms with van der Waals surface area (Å²) >= 11 is 0. The van der Waals surface area contributed by atoms with Crippen molar-refractivity contribution in [1.82, 2.24) is 4.90 Å². The molecule has 8 heteroatoms. The van der Waals surface area contributed by atoms with Crippen molar-refractivity contribution in [2.75, 3.05) is 20.3 Å². The molecule has 0 saturated heterocycles. The molecule has 1 amide bonds. The average Bonchev–Trinajstić information content (AvgIpc) is 2.80. The minimum absolute atomic E-state index is 0.00802. The number of carbonyl (C=O) groups excluding carboxylic acids is 3. The maximum atomic E-state index is 12.8. The summed E-state index contributed by atoms with van der Waals surface area (Å²) in [6.07, 6.45) is -0.620. The van der Waals surface area contributed by atoms with E-state index in [1.54, 1.807) is 24.3 Å². The fraction of sp³-hybridized carbons (Fsp3) is 0.318. The molecule has 0 saturated carbocycles. The second-order valence-electron chi connectivity index (χ2n) is 7.01. The van der Waals surface area contributed by atoms with Gasteiger partial charge in [0.1, 0.15) is 12.6 Å². The van der Waals surface area contributed by atoms with Crippen molar-refractivity contribution >= 4 is 17.8 Å². The topological polar surface area (TPSA) is 91.4 Å². The fourth-order valence-corrected chi connectivity index (χ4v) is 3.58. The molecule has 4 rings (SSSR count). The van der Waals surface area contributed by atoms with E-state index < -0.39 is 36.6 Å². The molecule has 2 aromatic rings. The van der Waals surface area contributed by atoms with Crippen LogP contribution < -0.4 is 9.47 Å². The monoisotopic (exact) mass is 411 g/mol. The van der Waals surface area contributed by atoms with Gasteiger partial charge in [0.15, 0.2) is 18.1 Å². The van der Waals surface area contributed by atoms with Gasteiger partial charge in [0, 0.05) is 13.0 Å². The third-order valence-corrected chi connectivity index (χ3v) is 5.15. The van der Waals surface area contributed by atoms with E-state index in [-0.39, 0.29) is 13.2 Å². The maximum absolute atomic E-state index is 12.8. The van der Waals surface area contributed by atoms with E-state index in [1.165, 1.54) is 12.0 Å². The smallest absolute Gasteiger partial charge is 0.351 e. The van der Waals surface area contributed by atoms with E-state index in [0.29, 0.717) is 17.9 Å². The first kappa shape index (κ1) is 19.8. The Morgan fingerprint density at radius 2 is 1.70 bits per heavy atom. The van der Waals surface area contributed by atoms with Crippen LogP contribution in [0, 0.1) is 0 Å². The molecular weight excluding hydrogens is 390 g/mol. The first-order valence-corrected chi connectivity index (χ1v) is 9.56. The molecule has 30 heavy (non-hydrogen) atoms. The van der Waals surface area contributed by atoms with Gasteiger partial charge in [-0.15, -0.1) is 0 Å². The molecule has 0 bridgehead atoms. The van der Waals surface area contributed by atoms with Gasteiger partial charge >= 0.3 is 11.9 Å². The number of nitrogens with zero attached hydrogens (tertiary/aromatic N) is 1. The summed E-state index contributed by atoms with van der Waals surface area (Å²) in [6.45, 7) is -0.273. The number of methoxy groups -OCH3 is 1. The molecule has 2 aromatic carbocycles. The van der Waals surface area contributed by atoms with Crippen LogP contribution in [0.2, 0.25) is 0 Å². The van der Waals surface area contributed by atoms with Crippen molar-refractivity contribution in [3.05, 3.63) is 59.7 Å². The second-order valence-corrected chi connectivity index (χ2v) is 7.01. The third kappa shape index (κ3) is 3.94. The van der Waals surface area contributed by atoms with Crippen molar-refractivity contribution < 1.29 is 33.3 Å². The molecule has 2 aliphatic heterocycles. The van der Waals surface area contributed by atoms with Crippen LogP contribution in [0.3, 0.4) is 0 Å². The number of benzene rings is 2. The van der Waals surface area contributed by atoms with Gasteiger partial charge in [-0.05, 0) is 23.3 Å². The van der Waals surface area contributed by atoms with E-state index in [0.717, 1.165) is 11.1 Å². The minimum Gasteiger partial charge on any atom is -0.485 e. The van der Waals surface area contributed by atoms with E-state index >= 15 is 0 Å². The van der Waals surface area contributed by atoms with Crippen LogP contribution in [0.1, 0.15) is 11.1 Å². The second kappa shape index (κ2) is 8.44. The van der Waals surface area contributed by atoms with Gasteiger partial charge in [-0.25, -0.2) is 9.59 Å². The number of hydrogen-bond acceptors (Lipinski definition) is 7. The number of hydrogen-bond donors (Lipinski definition) is 0. The Bertz CT molecular complexity index is 973. The third-order valence-electron chi connectivity index (χ3n) is 5.15. The Balaban J connectivity index is 1.40. The summed E-state index contributed by atoms with van der Waals surface area (Å²) < 4.78 is 21.1. The van der Waals surface area contributed by atoms with Crippen molar-refractivity contribution in [3.8, 4) is 11.5 Å². The van der Waals surface area contributed by atoms with Crippen LogP contribution in [0.4, 0.5) is 0 Å². The zero-order chi connectivity index (χ0) is 21.1. The molecule has 0 N–H and O–H groups in total. The molecule has 0 aliphatic carbocycles. The molecule has 8 nitrogen and oxygen atoms in total. The molecule has 0 spiro atoms. The predicted octanol–water partition coefficient (Wildman–Crippen LogP) is 1.50. The SMILES string of the molecule is COC(=O)[C@@H]1Cc2ccccc2CN1C(=O)COC(=O)[C@@H]1COc2ccccc2O1. The summed E-state index contributed by atoms with van der Waals surface area (Å²) in [7, 11) is 1.28. The molecule has 0 unspecified atom stereocenters. The Hall–Kier alpha value is -3.55. The predicted molar refractivity (Wildman–Crippen MR) is 104 cm³/mol. The molecule has 0 fully saturated rings. The summed E-state index contributed by atoms with van der Waals surface area (Å²) in [5.74, 6) is -0.707. The largest absolute Gasteiger partial charge is 0.485 e. The lowest BCUT2D eigenvalue weighted by Crippen LogP contribution is -2.50. The molecule has 0 aromatic heterocycles. The van der Waals surface area contributed by atoms with Gasteiger partial charge < -0.3 is 23.8 Å². The number of rotatable bonds is 4. The van der Waals surface area contributed by atoms with E-state index in [2.05, 4.69) is 0 Å². The average molecular weight is 411 g/mol. The highest BCUT2D eigenvalue weighted by Crippen LogP contribution is 2.31. The summed E-state index contributed by atoms with van der Waals surface area (Å²) in [6, 6.07) is 13.8. The van der Waals surface area contributed by atoms with Crippen molar-refractivity contribution in [2.45, 2.75) is 25.1 Å². The summed E-state index contributed by atoms with van der Waals surface area (Å²) in [5, 5.41) is 0. The molecule has 0 radical (unpaired) electrons. The van der Waals surface area contributed by atoms with Crippen molar-refractivity contribution in [3.63, 3.8) is 0 Å². The van der Waals surface area contributed by atoms with Crippen molar-refractivity contribution in [1.29, 1.82) is 0 Å². The Labute approximate surface area is 173 Å². The number of fused-ring (bicyclic) bond motifs is 2. The first-order chi connectivity index (χ1) is 14.6. The minimum atomic E-state index is -0.966. The normalized spacial score (nSPS) is 19.4. The van der Waals surface area contributed by atoms with Gasteiger partial charge in [-0.2, -0.15) is 0 Å². The van der Waals surface area contributed by atoms with Crippen LogP contribution in [-0.2, 0) is 36.8 Å². The Morgan fingerprint density at radius 3 is 2.47 bits per heavy atom. The number of carbonyl (C=O) groups is 3. The standard InChI is InChI=1S/C22H21NO7/c1-27-21(25)16-10-14-6-2-3-7-15(14)11-23(16)20(24)13-29-22(26)19-12-28-17-8-4-5-9-18(17)30-19/h2-9,16,19H,10-13H2,1H3/t16-,19-/m0/s1. The van der Waals surface area contributed by atoms with E-state index in [4.69, 9.17) is 18.9 Å². The quantitative estimate of drug-likeness (QED) is 0.704. The zero-order valence-corrected chi connectivity index (χ0v) is 16.4. The number of ether oxygens (including phenoxy) is 4. The number of amides is 1. The zero-order valence-electron chi connectivity index (χ0n) is 16.4. The summed E-state index contributed by atoms with van der Waals surface area (Å²) in [4.78, 5) is 38.8.